The van der Waals surface area contributed by atoms with Gasteiger partial charge in [-0.05, 0) is 43.1 Å². The maximum atomic E-state index is 6.17. The summed E-state index contributed by atoms with van der Waals surface area (Å²) in [7, 11) is 0. The third-order valence-corrected chi connectivity index (χ3v) is 5.31. The van der Waals surface area contributed by atoms with Gasteiger partial charge in [0.2, 0.25) is 0 Å². The number of nitrogens with two attached hydrogens (primary N) is 1. The molecule has 1 atom stereocenters. The second-order valence-electron chi connectivity index (χ2n) is 7.38. The number of rotatable bonds is 5. The Bertz CT molecular complexity index is 805. The number of halogens is 1. The Hall–Kier alpha value is -1.80. The summed E-state index contributed by atoms with van der Waals surface area (Å²) in [5, 5.41) is 3.36. The average molecular weight is 492 g/mol. The van der Waals surface area contributed by atoms with Crippen molar-refractivity contribution in [3.05, 3.63) is 65.2 Å². The Kier molecular flexibility index (Phi) is 7.56. The predicted octanol–water partition coefficient (Wildman–Crippen LogP) is 3.83. The van der Waals surface area contributed by atoms with Crippen LogP contribution in [0.25, 0.3) is 0 Å². The molecule has 2 aromatic carbocycles. The molecule has 150 valence electrons. The molecule has 6 heteroatoms. The normalized spacial score (nSPS) is 19.4. The minimum atomic E-state index is 0. The summed E-state index contributed by atoms with van der Waals surface area (Å²) in [5.41, 5.74) is 9.87. The van der Waals surface area contributed by atoms with Crippen LogP contribution in [-0.2, 0) is 13.1 Å². The third-order valence-electron chi connectivity index (χ3n) is 5.31. The number of fused-ring (bicyclic) bond motifs is 1. The first-order valence-corrected chi connectivity index (χ1v) is 9.86. The first-order valence-electron chi connectivity index (χ1n) is 9.86. The number of likely N-dealkylation sites (tertiary alicyclic amines) is 1. The van der Waals surface area contributed by atoms with Crippen LogP contribution in [0.3, 0.4) is 0 Å². The second kappa shape index (κ2) is 10.1. The van der Waals surface area contributed by atoms with Gasteiger partial charge in [-0.3, -0.25) is 4.90 Å². The number of hydrogen-bond donors (Lipinski definition) is 2. The van der Waals surface area contributed by atoms with Gasteiger partial charge in [0.1, 0.15) is 5.75 Å². The number of guanidine groups is 1. The highest BCUT2D eigenvalue weighted by molar-refractivity contribution is 14.0. The summed E-state index contributed by atoms with van der Waals surface area (Å²) in [6, 6.07) is 17.0. The van der Waals surface area contributed by atoms with Crippen molar-refractivity contribution in [3.8, 4) is 5.75 Å². The van der Waals surface area contributed by atoms with Crippen LogP contribution < -0.4 is 15.8 Å². The fourth-order valence-electron chi connectivity index (χ4n) is 3.92. The largest absolute Gasteiger partial charge is 0.493 e. The molecule has 5 nitrogen and oxygen atoms in total. The first kappa shape index (κ1) is 20.9. The highest BCUT2D eigenvalue weighted by atomic mass is 127. The molecule has 28 heavy (non-hydrogen) atoms. The molecular formula is C22H29IN4O. The molecule has 3 N–H and O–H groups in total. The molecule has 0 radical (unpaired) electrons. The minimum Gasteiger partial charge on any atom is -0.493 e. The van der Waals surface area contributed by atoms with Gasteiger partial charge in [0.15, 0.2) is 5.96 Å². The molecular weight excluding hydrogens is 463 g/mol. The highest BCUT2D eigenvalue weighted by Gasteiger charge is 2.21. The van der Waals surface area contributed by atoms with Gasteiger partial charge in [-0.15, -0.1) is 24.0 Å². The van der Waals surface area contributed by atoms with Gasteiger partial charge in [-0.2, -0.15) is 0 Å². The smallest absolute Gasteiger partial charge is 0.189 e. The molecule has 0 amide bonds. The van der Waals surface area contributed by atoms with Crippen molar-refractivity contribution in [1.29, 1.82) is 0 Å². The number of benzene rings is 2. The van der Waals surface area contributed by atoms with Gasteiger partial charge in [0.25, 0.3) is 0 Å². The number of para-hydroxylation sites is 1. The molecule has 2 aliphatic heterocycles. The molecule has 4 rings (SSSR count). The summed E-state index contributed by atoms with van der Waals surface area (Å²) in [4.78, 5) is 7.08. The van der Waals surface area contributed by atoms with E-state index in [9.17, 15) is 0 Å². The maximum Gasteiger partial charge on any atom is 0.189 e. The van der Waals surface area contributed by atoms with E-state index in [2.05, 4.69) is 45.5 Å². The van der Waals surface area contributed by atoms with Crippen molar-refractivity contribution in [2.24, 2.45) is 10.7 Å². The molecule has 0 aromatic heterocycles. The molecule has 1 fully saturated rings. The fourth-order valence-corrected chi connectivity index (χ4v) is 3.92. The van der Waals surface area contributed by atoms with Crippen molar-refractivity contribution in [2.75, 3.05) is 19.7 Å². The van der Waals surface area contributed by atoms with Crippen molar-refractivity contribution in [1.82, 2.24) is 10.2 Å². The summed E-state index contributed by atoms with van der Waals surface area (Å²) < 4.78 is 5.71. The van der Waals surface area contributed by atoms with Gasteiger partial charge < -0.3 is 15.8 Å². The van der Waals surface area contributed by atoms with E-state index >= 15 is 0 Å². The zero-order chi connectivity index (χ0) is 18.5. The van der Waals surface area contributed by atoms with E-state index in [4.69, 9.17) is 10.5 Å². The van der Waals surface area contributed by atoms with E-state index < -0.39 is 0 Å². The molecule has 0 aliphatic carbocycles. The van der Waals surface area contributed by atoms with E-state index in [1.807, 2.05) is 18.2 Å². The van der Waals surface area contributed by atoms with E-state index in [-0.39, 0.29) is 30.0 Å². The summed E-state index contributed by atoms with van der Waals surface area (Å²) >= 11 is 0. The van der Waals surface area contributed by atoms with Crippen LogP contribution >= 0.6 is 24.0 Å². The first-order chi connectivity index (χ1) is 13.3. The Morgan fingerprint density at radius 2 is 1.89 bits per heavy atom. The number of ether oxygens (including phenoxy) is 1. The standard InChI is InChI=1S/C22H28N4O.HI/c23-22(25-20-10-13-27-21-9-2-1-8-19(20)21)24-15-17-6-5-7-18(14-17)16-26-11-3-4-12-26;/h1-2,5-9,14,20H,3-4,10-13,15-16H2,(H3,23,24,25);1H. The molecule has 1 unspecified atom stereocenters. The molecule has 2 aromatic rings. The second-order valence-corrected chi connectivity index (χ2v) is 7.38. The quantitative estimate of drug-likeness (QED) is 0.379. The molecule has 2 aliphatic rings. The van der Waals surface area contributed by atoms with Crippen LogP contribution in [0.4, 0.5) is 0 Å². The monoisotopic (exact) mass is 492 g/mol. The zero-order valence-electron chi connectivity index (χ0n) is 16.1. The topological polar surface area (TPSA) is 62.9 Å². The Morgan fingerprint density at radius 1 is 1.11 bits per heavy atom. The van der Waals surface area contributed by atoms with Crippen LogP contribution in [0, 0.1) is 0 Å². The maximum absolute atomic E-state index is 6.17. The molecule has 0 saturated carbocycles. The van der Waals surface area contributed by atoms with Crippen LogP contribution in [0.2, 0.25) is 0 Å². The summed E-state index contributed by atoms with van der Waals surface area (Å²) in [6.45, 7) is 4.75. The average Bonchev–Trinajstić information content (AvgIpc) is 3.20. The van der Waals surface area contributed by atoms with E-state index in [0.717, 1.165) is 24.3 Å². The molecule has 1 saturated heterocycles. The van der Waals surface area contributed by atoms with Gasteiger partial charge in [0.05, 0.1) is 19.2 Å². The van der Waals surface area contributed by atoms with Crippen molar-refractivity contribution in [3.63, 3.8) is 0 Å². The highest BCUT2D eigenvalue weighted by Crippen LogP contribution is 2.31. The SMILES string of the molecule is I.NC(=NCc1cccc(CN2CCCC2)c1)NC1CCOc2ccccc21. The lowest BCUT2D eigenvalue weighted by Gasteiger charge is -2.26. The van der Waals surface area contributed by atoms with Crippen molar-refractivity contribution in [2.45, 2.75) is 38.4 Å². The number of hydrogen-bond acceptors (Lipinski definition) is 3. The van der Waals surface area contributed by atoms with Crippen LogP contribution in [-0.4, -0.2) is 30.6 Å². The summed E-state index contributed by atoms with van der Waals surface area (Å²) in [5.74, 6) is 1.42. The van der Waals surface area contributed by atoms with Crippen molar-refractivity contribution >= 4 is 29.9 Å². The lowest BCUT2D eigenvalue weighted by atomic mass is 10.0. The van der Waals surface area contributed by atoms with E-state index in [1.54, 1.807) is 0 Å². The van der Waals surface area contributed by atoms with Gasteiger partial charge >= 0.3 is 0 Å². The van der Waals surface area contributed by atoms with Gasteiger partial charge in [0, 0.05) is 18.5 Å². The lowest BCUT2D eigenvalue weighted by molar-refractivity contribution is 0.262. The van der Waals surface area contributed by atoms with Gasteiger partial charge in [-0.25, -0.2) is 4.99 Å². The molecule has 2 heterocycles. The Labute approximate surface area is 184 Å². The molecule has 0 bridgehead atoms. The number of nitrogens with one attached hydrogen (secondary N) is 1. The molecule has 0 spiro atoms. The van der Waals surface area contributed by atoms with Crippen LogP contribution in [0.1, 0.15) is 42.0 Å². The zero-order valence-corrected chi connectivity index (χ0v) is 18.5. The predicted molar refractivity (Wildman–Crippen MR) is 124 cm³/mol. The Morgan fingerprint density at radius 3 is 2.75 bits per heavy atom. The van der Waals surface area contributed by atoms with Crippen molar-refractivity contribution < 1.29 is 4.74 Å². The third kappa shape index (κ3) is 5.38. The lowest BCUT2D eigenvalue weighted by Crippen LogP contribution is -2.37. The van der Waals surface area contributed by atoms with Crippen LogP contribution in [0.15, 0.2) is 53.5 Å². The van der Waals surface area contributed by atoms with E-state index in [1.165, 1.54) is 37.1 Å². The minimum absolute atomic E-state index is 0. The number of aliphatic imine (C=N–C) groups is 1. The fraction of sp³-hybridized carbons (Fsp3) is 0.409. The summed E-state index contributed by atoms with van der Waals surface area (Å²) in [6.07, 6.45) is 3.53. The Balaban J connectivity index is 0.00000225. The van der Waals surface area contributed by atoms with Gasteiger partial charge in [-0.1, -0.05) is 42.5 Å². The number of nitrogens with zero attached hydrogens (tertiary/aromatic N) is 2. The van der Waals surface area contributed by atoms with Crippen LogP contribution in [0.5, 0.6) is 5.75 Å². The van der Waals surface area contributed by atoms with E-state index in [0.29, 0.717) is 19.1 Å².